The predicted molar refractivity (Wildman–Crippen MR) is 63.8 cm³/mol. The van der Waals surface area contributed by atoms with Crippen molar-refractivity contribution >= 4 is 0 Å². The van der Waals surface area contributed by atoms with Gasteiger partial charge in [-0.15, -0.1) is 0 Å². The number of hydrogen-bond donors (Lipinski definition) is 1. The highest BCUT2D eigenvalue weighted by atomic mass is 16.5. The van der Waals surface area contributed by atoms with E-state index in [1.165, 1.54) is 0 Å². The molecule has 4 nitrogen and oxygen atoms in total. The molecule has 0 spiro atoms. The lowest BCUT2D eigenvalue weighted by atomic mass is 9.95. The van der Waals surface area contributed by atoms with E-state index in [0.717, 1.165) is 45.8 Å². The summed E-state index contributed by atoms with van der Waals surface area (Å²) in [5.41, 5.74) is 0.121. The standard InChI is InChI=1S/C12H25NO3/c1-11-12(2,5-9-16-11)13-6-10-15-8-4-7-14-3/h11,13H,4-10H2,1-3H3. The number of hydrogen-bond acceptors (Lipinski definition) is 4. The summed E-state index contributed by atoms with van der Waals surface area (Å²) in [6.07, 6.45) is 2.34. The van der Waals surface area contributed by atoms with Crippen molar-refractivity contribution in [2.45, 2.75) is 38.3 Å². The van der Waals surface area contributed by atoms with Crippen LogP contribution >= 0.6 is 0 Å². The first-order chi connectivity index (χ1) is 7.69. The molecule has 1 heterocycles. The number of methoxy groups -OCH3 is 1. The summed E-state index contributed by atoms with van der Waals surface area (Å²) in [6, 6.07) is 0. The van der Waals surface area contributed by atoms with Crippen LogP contribution in [0.15, 0.2) is 0 Å². The molecule has 1 aliphatic heterocycles. The summed E-state index contributed by atoms with van der Waals surface area (Å²) < 4.78 is 16.0. The van der Waals surface area contributed by atoms with Crippen molar-refractivity contribution in [2.24, 2.45) is 0 Å². The lowest BCUT2D eigenvalue weighted by Gasteiger charge is -2.29. The third-order valence-electron chi connectivity index (χ3n) is 3.30. The third kappa shape index (κ3) is 4.37. The van der Waals surface area contributed by atoms with E-state index in [4.69, 9.17) is 14.2 Å². The molecule has 1 saturated heterocycles. The van der Waals surface area contributed by atoms with Gasteiger partial charge in [-0.1, -0.05) is 0 Å². The van der Waals surface area contributed by atoms with Crippen LogP contribution in [-0.2, 0) is 14.2 Å². The molecule has 2 unspecified atom stereocenters. The fourth-order valence-corrected chi connectivity index (χ4v) is 1.88. The monoisotopic (exact) mass is 231 g/mol. The van der Waals surface area contributed by atoms with E-state index >= 15 is 0 Å². The van der Waals surface area contributed by atoms with Gasteiger partial charge in [-0.25, -0.2) is 0 Å². The average molecular weight is 231 g/mol. The summed E-state index contributed by atoms with van der Waals surface area (Å²) in [6.45, 7) is 8.39. The Labute approximate surface area is 98.6 Å². The lowest BCUT2D eigenvalue weighted by molar-refractivity contribution is 0.0760. The SMILES string of the molecule is COCCCOCCNC1(C)CCOC1C. The van der Waals surface area contributed by atoms with Crippen molar-refractivity contribution in [1.29, 1.82) is 0 Å². The summed E-state index contributed by atoms with van der Waals surface area (Å²) in [5.74, 6) is 0. The lowest BCUT2D eigenvalue weighted by Crippen LogP contribution is -2.48. The molecule has 4 heteroatoms. The highest BCUT2D eigenvalue weighted by Gasteiger charge is 2.35. The van der Waals surface area contributed by atoms with Gasteiger partial charge in [0.15, 0.2) is 0 Å². The molecular weight excluding hydrogens is 206 g/mol. The molecule has 1 N–H and O–H groups in total. The van der Waals surface area contributed by atoms with E-state index in [1.54, 1.807) is 7.11 Å². The van der Waals surface area contributed by atoms with Crippen LogP contribution in [0.3, 0.4) is 0 Å². The van der Waals surface area contributed by atoms with Crippen LogP contribution in [0.4, 0.5) is 0 Å². The number of nitrogens with one attached hydrogen (secondary N) is 1. The average Bonchev–Trinajstić information content (AvgIpc) is 2.59. The van der Waals surface area contributed by atoms with Gasteiger partial charge in [-0.3, -0.25) is 0 Å². The Balaban J connectivity index is 1.98. The summed E-state index contributed by atoms with van der Waals surface area (Å²) in [7, 11) is 1.71. The van der Waals surface area contributed by atoms with Crippen molar-refractivity contribution < 1.29 is 14.2 Å². The minimum Gasteiger partial charge on any atom is -0.385 e. The van der Waals surface area contributed by atoms with Crippen LogP contribution < -0.4 is 5.32 Å². The van der Waals surface area contributed by atoms with E-state index in [-0.39, 0.29) is 5.54 Å². The van der Waals surface area contributed by atoms with Gasteiger partial charge in [0.1, 0.15) is 0 Å². The summed E-state index contributed by atoms with van der Waals surface area (Å²) in [4.78, 5) is 0. The minimum atomic E-state index is 0.121. The van der Waals surface area contributed by atoms with Crippen LogP contribution in [0.5, 0.6) is 0 Å². The van der Waals surface area contributed by atoms with Crippen LogP contribution in [-0.4, -0.2) is 51.7 Å². The Morgan fingerprint density at radius 1 is 1.38 bits per heavy atom. The van der Waals surface area contributed by atoms with Crippen molar-refractivity contribution in [3.05, 3.63) is 0 Å². The largest absolute Gasteiger partial charge is 0.385 e. The zero-order valence-electron chi connectivity index (χ0n) is 10.8. The maximum Gasteiger partial charge on any atom is 0.0726 e. The maximum absolute atomic E-state index is 5.56. The topological polar surface area (TPSA) is 39.7 Å². The predicted octanol–water partition coefficient (Wildman–Crippen LogP) is 1.20. The van der Waals surface area contributed by atoms with Gasteiger partial charge < -0.3 is 19.5 Å². The van der Waals surface area contributed by atoms with Crippen molar-refractivity contribution in [1.82, 2.24) is 5.32 Å². The van der Waals surface area contributed by atoms with E-state index in [2.05, 4.69) is 19.2 Å². The van der Waals surface area contributed by atoms with Crippen LogP contribution in [0, 0.1) is 0 Å². The van der Waals surface area contributed by atoms with Crippen LogP contribution in [0.1, 0.15) is 26.7 Å². The molecule has 96 valence electrons. The van der Waals surface area contributed by atoms with Gasteiger partial charge in [0.05, 0.1) is 12.7 Å². The third-order valence-corrected chi connectivity index (χ3v) is 3.30. The fraction of sp³-hybridized carbons (Fsp3) is 1.00. The molecule has 0 radical (unpaired) electrons. The molecular formula is C12H25NO3. The molecule has 0 aromatic heterocycles. The van der Waals surface area contributed by atoms with E-state index < -0.39 is 0 Å². The van der Waals surface area contributed by atoms with Gasteiger partial charge in [0, 0.05) is 39.0 Å². The Bertz CT molecular complexity index is 189. The van der Waals surface area contributed by atoms with Gasteiger partial charge in [0.2, 0.25) is 0 Å². The first-order valence-corrected chi connectivity index (χ1v) is 6.12. The van der Waals surface area contributed by atoms with E-state index in [1.807, 2.05) is 0 Å². The minimum absolute atomic E-state index is 0.121. The van der Waals surface area contributed by atoms with Crippen LogP contribution in [0.25, 0.3) is 0 Å². The summed E-state index contributed by atoms with van der Waals surface area (Å²) in [5, 5.41) is 3.52. The fourth-order valence-electron chi connectivity index (χ4n) is 1.88. The molecule has 0 aromatic carbocycles. The zero-order valence-corrected chi connectivity index (χ0v) is 10.8. The van der Waals surface area contributed by atoms with E-state index in [0.29, 0.717) is 6.10 Å². The second-order valence-corrected chi connectivity index (χ2v) is 4.57. The maximum atomic E-state index is 5.56. The van der Waals surface area contributed by atoms with E-state index in [9.17, 15) is 0 Å². The normalized spacial score (nSPS) is 29.8. The van der Waals surface area contributed by atoms with Gasteiger partial charge in [0.25, 0.3) is 0 Å². The van der Waals surface area contributed by atoms with Crippen molar-refractivity contribution in [3.63, 3.8) is 0 Å². The highest BCUT2D eigenvalue weighted by molar-refractivity contribution is 4.93. The molecule has 1 rings (SSSR count). The first-order valence-electron chi connectivity index (χ1n) is 6.12. The second kappa shape index (κ2) is 7.22. The molecule has 16 heavy (non-hydrogen) atoms. The molecule has 2 atom stereocenters. The molecule has 0 saturated carbocycles. The van der Waals surface area contributed by atoms with Gasteiger partial charge in [-0.05, 0) is 26.7 Å². The highest BCUT2D eigenvalue weighted by Crippen LogP contribution is 2.24. The van der Waals surface area contributed by atoms with Crippen molar-refractivity contribution in [2.75, 3.05) is 40.1 Å². The molecule has 1 fully saturated rings. The first kappa shape index (κ1) is 13.9. The smallest absolute Gasteiger partial charge is 0.0726 e. The Morgan fingerprint density at radius 3 is 2.81 bits per heavy atom. The van der Waals surface area contributed by atoms with Crippen molar-refractivity contribution in [3.8, 4) is 0 Å². The quantitative estimate of drug-likeness (QED) is 0.637. The van der Waals surface area contributed by atoms with Crippen LogP contribution in [0.2, 0.25) is 0 Å². The molecule has 0 bridgehead atoms. The Morgan fingerprint density at radius 2 is 2.19 bits per heavy atom. The Kier molecular flexibility index (Phi) is 6.28. The number of ether oxygens (including phenoxy) is 3. The molecule has 0 aromatic rings. The molecule has 1 aliphatic rings. The number of rotatable bonds is 8. The zero-order chi connectivity index (χ0) is 11.9. The van der Waals surface area contributed by atoms with Gasteiger partial charge in [-0.2, -0.15) is 0 Å². The summed E-state index contributed by atoms with van der Waals surface area (Å²) >= 11 is 0. The molecule has 0 aliphatic carbocycles. The van der Waals surface area contributed by atoms with Gasteiger partial charge >= 0.3 is 0 Å². The second-order valence-electron chi connectivity index (χ2n) is 4.57. The Hall–Kier alpha value is -0.160. The molecule has 0 amide bonds.